The van der Waals surface area contributed by atoms with Crippen LogP contribution < -0.4 is 5.32 Å². The molecule has 0 heterocycles. The SMILES string of the molecule is COCCN(CCOC)S(=O)(=O)c1ccc(C(=O)Nc2ccc(Br)cc2C(=O)c2ccccc2)cc1. The van der Waals surface area contributed by atoms with Gasteiger partial charge in [-0.15, -0.1) is 0 Å². The van der Waals surface area contributed by atoms with Crippen LogP contribution in [0.5, 0.6) is 0 Å². The van der Waals surface area contributed by atoms with Crippen LogP contribution in [0.15, 0.2) is 82.2 Å². The van der Waals surface area contributed by atoms with E-state index in [4.69, 9.17) is 9.47 Å². The fraction of sp³-hybridized carbons (Fsp3) is 0.231. The second kappa shape index (κ2) is 12.9. The van der Waals surface area contributed by atoms with E-state index in [0.717, 1.165) is 0 Å². The Hall–Kier alpha value is -2.89. The molecule has 0 saturated heterocycles. The van der Waals surface area contributed by atoms with Gasteiger partial charge in [-0.2, -0.15) is 4.31 Å². The molecule has 0 aliphatic heterocycles. The minimum atomic E-state index is -3.81. The molecule has 3 aromatic rings. The van der Waals surface area contributed by atoms with Gasteiger partial charge in [-0.1, -0.05) is 46.3 Å². The van der Waals surface area contributed by atoms with E-state index in [9.17, 15) is 18.0 Å². The molecule has 0 atom stereocenters. The maximum absolute atomic E-state index is 13.1. The van der Waals surface area contributed by atoms with E-state index in [0.29, 0.717) is 21.3 Å². The Morgan fingerprint density at radius 3 is 2.06 bits per heavy atom. The fourth-order valence-corrected chi connectivity index (χ4v) is 5.19. The first-order valence-corrected chi connectivity index (χ1v) is 13.3. The van der Waals surface area contributed by atoms with Gasteiger partial charge in [0.2, 0.25) is 10.0 Å². The first kappa shape index (κ1) is 27.7. The highest BCUT2D eigenvalue weighted by Gasteiger charge is 2.24. The number of hydrogen-bond acceptors (Lipinski definition) is 6. The number of ketones is 1. The molecule has 0 fully saturated rings. The van der Waals surface area contributed by atoms with Gasteiger partial charge in [-0.3, -0.25) is 9.59 Å². The fourth-order valence-electron chi connectivity index (χ4n) is 3.42. The Kier molecular flexibility index (Phi) is 9.91. The van der Waals surface area contributed by atoms with E-state index < -0.39 is 15.9 Å². The van der Waals surface area contributed by atoms with Crippen LogP contribution in [0.3, 0.4) is 0 Å². The summed E-state index contributed by atoms with van der Waals surface area (Å²) < 4.78 is 38.2. The van der Waals surface area contributed by atoms with Gasteiger partial charge in [0.1, 0.15) is 0 Å². The summed E-state index contributed by atoms with van der Waals surface area (Å²) in [5, 5.41) is 2.77. The van der Waals surface area contributed by atoms with Crippen molar-refractivity contribution in [1.29, 1.82) is 0 Å². The lowest BCUT2D eigenvalue weighted by molar-refractivity contribution is 0.102. The van der Waals surface area contributed by atoms with Gasteiger partial charge in [0, 0.05) is 48.5 Å². The molecule has 3 aromatic carbocycles. The Balaban J connectivity index is 1.81. The molecule has 0 bridgehead atoms. The highest BCUT2D eigenvalue weighted by Crippen LogP contribution is 2.25. The van der Waals surface area contributed by atoms with Crippen LogP contribution in [0, 0.1) is 0 Å². The summed E-state index contributed by atoms with van der Waals surface area (Å²) in [7, 11) is -0.811. The standard InChI is InChI=1S/C26H27BrN2O6S/c1-34-16-14-29(15-17-35-2)36(32,33)22-11-8-20(9-12-22)26(31)28-24-13-10-21(27)18-23(24)25(30)19-6-4-3-5-7-19/h3-13,18H,14-17H2,1-2H3,(H,28,31). The number of sulfonamides is 1. The number of hydrogen-bond donors (Lipinski definition) is 1. The minimum Gasteiger partial charge on any atom is -0.383 e. The van der Waals surface area contributed by atoms with Crippen LogP contribution in [-0.4, -0.2) is 64.9 Å². The first-order chi connectivity index (χ1) is 17.3. The predicted octanol–water partition coefficient (Wildman–Crippen LogP) is 4.22. The van der Waals surface area contributed by atoms with Crippen molar-refractivity contribution in [3.63, 3.8) is 0 Å². The zero-order chi connectivity index (χ0) is 26.1. The predicted molar refractivity (Wildman–Crippen MR) is 141 cm³/mol. The highest BCUT2D eigenvalue weighted by atomic mass is 79.9. The topological polar surface area (TPSA) is 102 Å². The molecular weight excluding hydrogens is 548 g/mol. The first-order valence-electron chi connectivity index (χ1n) is 11.1. The van der Waals surface area contributed by atoms with E-state index in [1.165, 1.54) is 42.8 Å². The molecule has 0 spiro atoms. The summed E-state index contributed by atoms with van der Waals surface area (Å²) >= 11 is 3.38. The van der Waals surface area contributed by atoms with Crippen LogP contribution in [0.25, 0.3) is 0 Å². The summed E-state index contributed by atoms with van der Waals surface area (Å²) in [4.78, 5) is 26.1. The molecule has 3 rings (SSSR count). The van der Waals surface area contributed by atoms with Crippen LogP contribution in [0.1, 0.15) is 26.3 Å². The summed E-state index contributed by atoms with van der Waals surface area (Å²) in [6.45, 7) is 0.819. The number of anilines is 1. The van der Waals surface area contributed by atoms with Crippen LogP contribution >= 0.6 is 15.9 Å². The second-order valence-electron chi connectivity index (χ2n) is 7.75. The van der Waals surface area contributed by atoms with Gasteiger partial charge >= 0.3 is 0 Å². The molecule has 0 aliphatic carbocycles. The Morgan fingerprint density at radius 1 is 0.861 bits per heavy atom. The zero-order valence-electron chi connectivity index (χ0n) is 19.9. The Bertz CT molecular complexity index is 1290. The van der Waals surface area contributed by atoms with E-state index in [1.807, 2.05) is 6.07 Å². The molecule has 0 saturated carbocycles. The van der Waals surface area contributed by atoms with Gasteiger partial charge in [-0.25, -0.2) is 8.42 Å². The molecule has 8 nitrogen and oxygen atoms in total. The van der Waals surface area contributed by atoms with E-state index >= 15 is 0 Å². The largest absolute Gasteiger partial charge is 0.383 e. The second-order valence-corrected chi connectivity index (χ2v) is 10.6. The third-order valence-electron chi connectivity index (χ3n) is 5.35. The molecule has 1 N–H and O–H groups in total. The molecule has 0 aliphatic rings. The highest BCUT2D eigenvalue weighted by molar-refractivity contribution is 9.10. The maximum atomic E-state index is 13.1. The number of rotatable bonds is 12. The van der Waals surface area contributed by atoms with Crippen molar-refractivity contribution in [2.75, 3.05) is 45.8 Å². The van der Waals surface area contributed by atoms with Gasteiger partial charge in [0.25, 0.3) is 5.91 Å². The number of methoxy groups -OCH3 is 2. The molecule has 190 valence electrons. The van der Waals surface area contributed by atoms with Gasteiger partial charge in [-0.05, 0) is 42.5 Å². The summed E-state index contributed by atoms with van der Waals surface area (Å²) in [5.41, 5.74) is 1.41. The van der Waals surface area contributed by atoms with Crippen LogP contribution in [-0.2, 0) is 19.5 Å². The lowest BCUT2D eigenvalue weighted by Gasteiger charge is -2.21. The number of carbonyl (C=O) groups excluding carboxylic acids is 2. The average molecular weight is 575 g/mol. The van der Waals surface area contributed by atoms with Gasteiger partial charge in [0.05, 0.1) is 23.8 Å². The maximum Gasteiger partial charge on any atom is 0.255 e. The quantitative estimate of drug-likeness (QED) is 0.325. The molecule has 0 unspecified atom stereocenters. The summed E-state index contributed by atoms with van der Waals surface area (Å²) in [6.07, 6.45) is 0. The van der Waals surface area contributed by atoms with Crippen molar-refractivity contribution in [1.82, 2.24) is 4.31 Å². The monoisotopic (exact) mass is 574 g/mol. The van der Waals surface area contributed by atoms with Crippen molar-refractivity contribution in [3.8, 4) is 0 Å². The molecule has 10 heteroatoms. The molecule has 36 heavy (non-hydrogen) atoms. The lowest BCUT2D eigenvalue weighted by atomic mass is 10.0. The molecule has 0 aromatic heterocycles. The zero-order valence-corrected chi connectivity index (χ0v) is 22.3. The van der Waals surface area contributed by atoms with Crippen molar-refractivity contribution in [2.24, 2.45) is 0 Å². The smallest absolute Gasteiger partial charge is 0.255 e. The molecule has 0 radical (unpaired) electrons. The minimum absolute atomic E-state index is 0.0508. The Morgan fingerprint density at radius 2 is 1.47 bits per heavy atom. The third-order valence-corrected chi connectivity index (χ3v) is 7.76. The number of halogens is 1. The van der Waals surface area contributed by atoms with Crippen molar-refractivity contribution >= 4 is 43.3 Å². The van der Waals surface area contributed by atoms with E-state index in [2.05, 4.69) is 21.2 Å². The number of amides is 1. The number of carbonyl (C=O) groups is 2. The van der Waals surface area contributed by atoms with Crippen LogP contribution in [0.2, 0.25) is 0 Å². The number of benzene rings is 3. The number of ether oxygens (including phenoxy) is 2. The molecular formula is C26H27BrN2O6S. The van der Waals surface area contributed by atoms with Crippen molar-refractivity contribution in [2.45, 2.75) is 4.90 Å². The van der Waals surface area contributed by atoms with E-state index in [1.54, 1.807) is 42.5 Å². The van der Waals surface area contributed by atoms with E-state index in [-0.39, 0.29) is 42.5 Å². The average Bonchev–Trinajstić information content (AvgIpc) is 2.89. The van der Waals surface area contributed by atoms with Gasteiger partial charge in [0.15, 0.2) is 5.78 Å². The van der Waals surface area contributed by atoms with Crippen molar-refractivity contribution < 1.29 is 27.5 Å². The normalized spacial score (nSPS) is 11.4. The number of nitrogens with one attached hydrogen (secondary N) is 1. The number of nitrogens with zero attached hydrogens (tertiary/aromatic N) is 1. The summed E-state index contributed by atoms with van der Waals surface area (Å²) in [5.74, 6) is -0.708. The van der Waals surface area contributed by atoms with Crippen LogP contribution in [0.4, 0.5) is 5.69 Å². The van der Waals surface area contributed by atoms with Gasteiger partial charge < -0.3 is 14.8 Å². The lowest BCUT2D eigenvalue weighted by Crippen LogP contribution is -2.36. The molecule has 1 amide bonds. The van der Waals surface area contributed by atoms with Crippen molar-refractivity contribution in [3.05, 3.63) is 94.0 Å². The summed E-state index contributed by atoms with van der Waals surface area (Å²) in [6, 6.07) is 19.4. The third kappa shape index (κ3) is 6.86. The Labute approximate surface area is 219 Å².